The number of hydrogen-bond donors (Lipinski definition) is 1. The molecule has 4 heterocycles. The van der Waals surface area contributed by atoms with Gasteiger partial charge in [0, 0.05) is 10.7 Å². The van der Waals surface area contributed by atoms with Crippen LogP contribution in [0.25, 0.3) is 11.4 Å². The largest absolute Gasteiger partial charge is 0.505 e. The molecule has 1 aliphatic rings. The number of aryl methyl sites for hydroxylation is 2. The van der Waals surface area contributed by atoms with Crippen molar-refractivity contribution in [3.63, 3.8) is 0 Å². The van der Waals surface area contributed by atoms with Gasteiger partial charge in [-0.25, -0.2) is 14.8 Å². The average molecular weight is 593 g/mol. The number of pyridine rings is 1. The van der Waals surface area contributed by atoms with E-state index in [1.165, 1.54) is 11.0 Å². The number of carbonyl (C=O) groups excluding carboxylic acids is 3. The maximum absolute atomic E-state index is 13.5. The summed E-state index contributed by atoms with van der Waals surface area (Å²) in [5.74, 6) is -2.71. The van der Waals surface area contributed by atoms with Crippen LogP contribution in [0.1, 0.15) is 38.4 Å². The van der Waals surface area contributed by atoms with E-state index in [1.54, 1.807) is 54.8 Å². The third kappa shape index (κ3) is 4.23. The number of rotatable bonds is 6. The van der Waals surface area contributed by atoms with Crippen LogP contribution >= 0.6 is 27.3 Å². The molecule has 1 N–H and O–H groups in total. The van der Waals surface area contributed by atoms with Crippen molar-refractivity contribution in [2.24, 2.45) is 0 Å². The summed E-state index contributed by atoms with van der Waals surface area (Å²) in [7, 11) is 0. The molecule has 1 fully saturated rings. The molecule has 0 aliphatic carbocycles. The quantitative estimate of drug-likeness (QED) is 0.108. The maximum atomic E-state index is 13.5. The summed E-state index contributed by atoms with van der Waals surface area (Å²) in [6.45, 7) is 6.90. The lowest BCUT2D eigenvalue weighted by molar-refractivity contribution is -0.132. The number of imidazole rings is 1. The number of fused-ring (bicyclic) bond motifs is 1. The zero-order chi connectivity index (χ0) is 27.1. The molecule has 0 bridgehead atoms. The molecule has 0 radical (unpaired) electrons. The predicted octanol–water partition coefficient (Wildman–Crippen LogP) is 5.14. The molecule has 3 aromatic heterocycles. The molecule has 0 saturated carbocycles. The maximum Gasteiger partial charge on any atom is 0.350 e. The highest BCUT2D eigenvalue weighted by Crippen LogP contribution is 2.44. The molecule has 1 amide bonds. The van der Waals surface area contributed by atoms with Gasteiger partial charge in [-0.15, -0.1) is 0 Å². The minimum Gasteiger partial charge on any atom is -0.505 e. The predicted molar refractivity (Wildman–Crippen MR) is 146 cm³/mol. The molecule has 11 heteroatoms. The SMILES string of the molecule is C=CCOC(=O)c1sc(N2C(=O)C(=O)C(=C(O)c3c(C)nc4ccccn34)C2c2cccc(Br)c2)nc1C. The number of aliphatic hydroxyl groups is 1. The number of nitrogens with zero attached hydrogens (tertiary/aromatic N) is 4. The number of ether oxygens (including phenoxy) is 1. The Morgan fingerprint density at radius 3 is 2.71 bits per heavy atom. The highest BCUT2D eigenvalue weighted by molar-refractivity contribution is 9.10. The van der Waals surface area contributed by atoms with E-state index in [4.69, 9.17) is 4.74 Å². The van der Waals surface area contributed by atoms with Gasteiger partial charge in [-0.2, -0.15) is 0 Å². The smallest absolute Gasteiger partial charge is 0.350 e. The number of carbonyl (C=O) groups is 3. The fourth-order valence-electron chi connectivity index (χ4n) is 4.42. The van der Waals surface area contributed by atoms with Crippen molar-refractivity contribution >= 4 is 61.5 Å². The zero-order valence-electron chi connectivity index (χ0n) is 20.3. The number of thiazole rings is 1. The van der Waals surface area contributed by atoms with E-state index in [0.29, 0.717) is 28.3 Å². The van der Waals surface area contributed by atoms with Crippen molar-refractivity contribution in [2.45, 2.75) is 19.9 Å². The van der Waals surface area contributed by atoms with Crippen molar-refractivity contribution in [3.8, 4) is 0 Å². The molecule has 1 saturated heterocycles. The van der Waals surface area contributed by atoms with Crippen LogP contribution in [0.3, 0.4) is 0 Å². The first-order valence-electron chi connectivity index (χ1n) is 11.5. The Hall–Kier alpha value is -4.09. The molecule has 5 rings (SSSR count). The van der Waals surface area contributed by atoms with E-state index in [0.717, 1.165) is 15.8 Å². The third-order valence-corrected chi connectivity index (χ3v) is 7.68. The highest BCUT2D eigenvalue weighted by Gasteiger charge is 2.49. The molecule has 1 aliphatic heterocycles. The lowest BCUT2D eigenvalue weighted by Gasteiger charge is -2.23. The number of amides is 1. The van der Waals surface area contributed by atoms with E-state index in [2.05, 4.69) is 32.5 Å². The number of halogens is 1. The Balaban J connectivity index is 1.72. The van der Waals surface area contributed by atoms with Crippen LogP contribution in [0.2, 0.25) is 0 Å². The topological polar surface area (TPSA) is 114 Å². The van der Waals surface area contributed by atoms with Crippen molar-refractivity contribution in [3.05, 3.63) is 98.9 Å². The number of esters is 1. The first kappa shape index (κ1) is 25.6. The summed E-state index contributed by atoms with van der Waals surface area (Å²) in [6, 6.07) is 11.5. The molecule has 38 heavy (non-hydrogen) atoms. The van der Waals surface area contributed by atoms with Gasteiger partial charge >= 0.3 is 11.9 Å². The van der Waals surface area contributed by atoms with E-state index >= 15 is 0 Å². The number of ketones is 1. The van der Waals surface area contributed by atoms with E-state index in [-0.39, 0.29) is 27.9 Å². The van der Waals surface area contributed by atoms with Gasteiger partial charge in [0.05, 0.1) is 23.0 Å². The number of hydrogen-bond acceptors (Lipinski definition) is 8. The first-order valence-corrected chi connectivity index (χ1v) is 13.1. The van der Waals surface area contributed by atoms with Crippen molar-refractivity contribution < 1.29 is 24.2 Å². The number of anilines is 1. The number of Topliss-reactive ketones (excluding diaryl/α,β-unsaturated/α-hetero) is 1. The molecule has 192 valence electrons. The Bertz CT molecular complexity index is 1670. The second kappa shape index (κ2) is 9.99. The summed E-state index contributed by atoms with van der Waals surface area (Å²) in [4.78, 5) is 49.9. The molecule has 0 spiro atoms. The second-order valence-electron chi connectivity index (χ2n) is 8.50. The van der Waals surface area contributed by atoms with Crippen LogP contribution in [0, 0.1) is 13.8 Å². The van der Waals surface area contributed by atoms with Gasteiger partial charge in [0.15, 0.2) is 10.9 Å². The first-order chi connectivity index (χ1) is 18.2. The Labute approximate surface area is 229 Å². The van der Waals surface area contributed by atoms with Gasteiger partial charge in [-0.05, 0) is 43.7 Å². The normalized spacial score (nSPS) is 16.8. The molecule has 1 atom stereocenters. The molecule has 1 unspecified atom stereocenters. The summed E-state index contributed by atoms with van der Waals surface area (Å²) in [6.07, 6.45) is 3.17. The molecule has 9 nitrogen and oxygen atoms in total. The van der Waals surface area contributed by atoms with Gasteiger partial charge in [0.2, 0.25) is 0 Å². The second-order valence-corrected chi connectivity index (χ2v) is 10.4. The fourth-order valence-corrected chi connectivity index (χ4v) is 5.83. The van der Waals surface area contributed by atoms with Gasteiger partial charge in [-0.3, -0.25) is 18.9 Å². The van der Waals surface area contributed by atoms with E-state index < -0.39 is 23.7 Å². The Morgan fingerprint density at radius 1 is 1.18 bits per heavy atom. The van der Waals surface area contributed by atoms with Crippen LogP contribution in [-0.4, -0.2) is 43.7 Å². The summed E-state index contributed by atoms with van der Waals surface area (Å²) in [5, 5.41) is 11.7. The number of benzene rings is 1. The van der Waals surface area contributed by atoms with Gasteiger partial charge < -0.3 is 9.84 Å². The van der Waals surface area contributed by atoms with E-state index in [1.807, 2.05) is 12.1 Å². The lowest BCUT2D eigenvalue weighted by atomic mass is 9.96. The van der Waals surface area contributed by atoms with Crippen molar-refractivity contribution in [2.75, 3.05) is 11.5 Å². The van der Waals surface area contributed by atoms with Crippen LogP contribution < -0.4 is 4.90 Å². The standard InChI is InChI=1S/C27H21BrN4O5S/c1-4-12-37-26(36)24-15(3)30-27(38-24)32-21(16-8-7-9-17(28)13-16)19(23(34)25(32)35)22(33)20-14(2)29-18-10-5-6-11-31(18)20/h4-11,13,21,33H,1,12H2,2-3H3. The average Bonchev–Trinajstić information content (AvgIpc) is 3.52. The van der Waals surface area contributed by atoms with Crippen molar-refractivity contribution in [1.82, 2.24) is 14.4 Å². The van der Waals surface area contributed by atoms with Gasteiger partial charge in [0.25, 0.3) is 5.78 Å². The van der Waals surface area contributed by atoms with Crippen molar-refractivity contribution in [1.29, 1.82) is 0 Å². The minimum atomic E-state index is -1.01. The molecule has 1 aromatic carbocycles. The zero-order valence-corrected chi connectivity index (χ0v) is 22.7. The van der Waals surface area contributed by atoms with Crippen LogP contribution in [0.5, 0.6) is 0 Å². The van der Waals surface area contributed by atoms with Crippen LogP contribution in [0.4, 0.5) is 5.13 Å². The Kier molecular flexibility index (Phi) is 6.72. The molecular formula is C27H21BrN4O5S. The summed E-state index contributed by atoms with van der Waals surface area (Å²) in [5.41, 5.74) is 2.19. The molecular weight excluding hydrogens is 572 g/mol. The third-order valence-electron chi connectivity index (χ3n) is 6.05. The Morgan fingerprint density at radius 2 is 1.97 bits per heavy atom. The van der Waals surface area contributed by atoms with Crippen LogP contribution in [0.15, 0.2) is 71.4 Å². The monoisotopic (exact) mass is 592 g/mol. The lowest BCUT2D eigenvalue weighted by Crippen LogP contribution is -2.29. The minimum absolute atomic E-state index is 0.0206. The fraction of sp³-hybridized carbons (Fsp3) is 0.148. The van der Waals surface area contributed by atoms with Crippen LogP contribution in [-0.2, 0) is 14.3 Å². The number of aromatic nitrogens is 3. The molecule has 4 aromatic rings. The number of aliphatic hydroxyl groups excluding tert-OH is 1. The summed E-state index contributed by atoms with van der Waals surface area (Å²) < 4.78 is 7.53. The summed E-state index contributed by atoms with van der Waals surface area (Å²) >= 11 is 4.39. The van der Waals surface area contributed by atoms with Gasteiger partial charge in [-0.1, -0.05) is 58.1 Å². The highest BCUT2D eigenvalue weighted by atomic mass is 79.9. The van der Waals surface area contributed by atoms with Gasteiger partial charge in [0.1, 0.15) is 22.8 Å². The van der Waals surface area contributed by atoms with E-state index in [9.17, 15) is 19.5 Å².